The van der Waals surface area contributed by atoms with Crippen molar-refractivity contribution in [1.29, 1.82) is 0 Å². The second kappa shape index (κ2) is 6.73. The number of likely N-dealkylation sites (N-methyl/N-ethyl adjacent to an activating group) is 1. The lowest BCUT2D eigenvalue weighted by Gasteiger charge is -2.31. The number of hydrogen-bond acceptors (Lipinski definition) is 3. The summed E-state index contributed by atoms with van der Waals surface area (Å²) in [6.07, 6.45) is 4.28. The molecule has 104 valence electrons. The average Bonchev–Trinajstić information content (AvgIpc) is 2.81. The molecule has 1 N–H and O–H groups in total. The summed E-state index contributed by atoms with van der Waals surface area (Å²) < 4.78 is 0. The molecule has 5 nitrogen and oxygen atoms in total. The van der Waals surface area contributed by atoms with E-state index in [4.69, 9.17) is 5.11 Å². The highest BCUT2D eigenvalue weighted by molar-refractivity contribution is 5.96. The zero-order chi connectivity index (χ0) is 13.7. The van der Waals surface area contributed by atoms with Gasteiger partial charge in [-0.2, -0.15) is 0 Å². The van der Waals surface area contributed by atoms with Crippen LogP contribution in [-0.2, 0) is 9.59 Å². The predicted molar refractivity (Wildman–Crippen MR) is 69.3 cm³/mol. The summed E-state index contributed by atoms with van der Waals surface area (Å²) in [5, 5.41) is 8.96. The number of rotatable bonds is 6. The van der Waals surface area contributed by atoms with E-state index in [0.29, 0.717) is 6.54 Å². The van der Waals surface area contributed by atoms with Gasteiger partial charge in [-0.1, -0.05) is 12.8 Å². The van der Waals surface area contributed by atoms with Gasteiger partial charge in [-0.25, -0.2) is 0 Å². The van der Waals surface area contributed by atoms with Gasteiger partial charge in [-0.05, 0) is 33.9 Å². The van der Waals surface area contributed by atoms with Crippen molar-refractivity contribution in [3.8, 4) is 0 Å². The molecule has 1 aliphatic carbocycles. The van der Waals surface area contributed by atoms with Crippen molar-refractivity contribution >= 4 is 11.9 Å². The van der Waals surface area contributed by atoms with Crippen molar-refractivity contribution in [2.75, 3.05) is 27.2 Å². The van der Waals surface area contributed by atoms with Gasteiger partial charge < -0.3 is 14.9 Å². The summed E-state index contributed by atoms with van der Waals surface area (Å²) in [7, 11) is 3.91. The average molecular weight is 256 g/mol. The minimum atomic E-state index is -1.03. The fourth-order valence-electron chi connectivity index (χ4n) is 2.35. The molecule has 0 heterocycles. The lowest BCUT2D eigenvalue weighted by Crippen LogP contribution is -2.46. The second-order valence-electron chi connectivity index (χ2n) is 5.33. The third kappa shape index (κ3) is 3.98. The molecule has 0 aromatic heterocycles. The lowest BCUT2D eigenvalue weighted by molar-refractivity contribution is -0.151. The van der Waals surface area contributed by atoms with E-state index in [-0.39, 0.29) is 11.9 Å². The van der Waals surface area contributed by atoms with Crippen LogP contribution in [0.1, 0.15) is 32.6 Å². The molecule has 0 aromatic carbocycles. The van der Waals surface area contributed by atoms with Gasteiger partial charge in [0.1, 0.15) is 5.92 Å². The molecule has 5 heteroatoms. The molecule has 1 saturated carbocycles. The fourth-order valence-corrected chi connectivity index (χ4v) is 2.35. The van der Waals surface area contributed by atoms with E-state index in [0.717, 1.165) is 32.2 Å². The number of nitrogens with zero attached hydrogens (tertiary/aromatic N) is 2. The summed E-state index contributed by atoms with van der Waals surface area (Å²) in [4.78, 5) is 26.9. The Kier molecular flexibility index (Phi) is 5.59. The minimum Gasteiger partial charge on any atom is -0.481 e. The number of aliphatic carboxylic acids is 1. The summed E-state index contributed by atoms with van der Waals surface area (Å²) in [6, 6.07) is 0.235. The molecular weight excluding hydrogens is 232 g/mol. The van der Waals surface area contributed by atoms with Crippen molar-refractivity contribution in [3.63, 3.8) is 0 Å². The Hall–Kier alpha value is -1.10. The SMILES string of the molecule is CC(C(=O)O)C(=O)N(CCN(C)C)C1CCCC1. The van der Waals surface area contributed by atoms with Crippen molar-refractivity contribution < 1.29 is 14.7 Å². The Morgan fingerprint density at radius 3 is 2.22 bits per heavy atom. The molecule has 1 fully saturated rings. The Balaban J connectivity index is 2.69. The van der Waals surface area contributed by atoms with Crippen LogP contribution >= 0.6 is 0 Å². The molecule has 18 heavy (non-hydrogen) atoms. The van der Waals surface area contributed by atoms with E-state index in [9.17, 15) is 9.59 Å². The topological polar surface area (TPSA) is 60.9 Å². The monoisotopic (exact) mass is 256 g/mol. The third-order valence-electron chi connectivity index (χ3n) is 3.58. The number of amides is 1. The summed E-state index contributed by atoms with van der Waals surface area (Å²) in [5.41, 5.74) is 0. The fraction of sp³-hybridized carbons (Fsp3) is 0.846. The van der Waals surface area contributed by atoms with Crippen LogP contribution in [0, 0.1) is 5.92 Å². The molecule has 0 bridgehead atoms. The van der Waals surface area contributed by atoms with Crippen LogP contribution in [0.25, 0.3) is 0 Å². The van der Waals surface area contributed by atoms with E-state index in [1.165, 1.54) is 6.92 Å². The standard InChI is InChI=1S/C13H24N2O3/c1-10(13(17)18)12(16)15(9-8-14(2)3)11-6-4-5-7-11/h10-11H,4-9H2,1-3H3,(H,17,18). The van der Waals surface area contributed by atoms with Gasteiger partial charge >= 0.3 is 5.97 Å². The van der Waals surface area contributed by atoms with Gasteiger partial charge in [0.25, 0.3) is 0 Å². The molecule has 0 spiro atoms. The van der Waals surface area contributed by atoms with Crippen LogP contribution < -0.4 is 0 Å². The first-order valence-electron chi connectivity index (χ1n) is 6.61. The summed E-state index contributed by atoms with van der Waals surface area (Å²) >= 11 is 0. The highest BCUT2D eigenvalue weighted by Gasteiger charge is 2.32. The van der Waals surface area contributed by atoms with E-state index >= 15 is 0 Å². The largest absolute Gasteiger partial charge is 0.481 e. The van der Waals surface area contributed by atoms with Crippen LogP contribution in [0.3, 0.4) is 0 Å². The first-order chi connectivity index (χ1) is 8.43. The maximum Gasteiger partial charge on any atom is 0.315 e. The van der Waals surface area contributed by atoms with Crippen molar-refractivity contribution in [2.45, 2.75) is 38.6 Å². The zero-order valence-electron chi connectivity index (χ0n) is 11.6. The first kappa shape index (κ1) is 15.0. The summed E-state index contributed by atoms with van der Waals surface area (Å²) in [5.74, 6) is -2.21. The van der Waals surface area contributed by atoms with Crippen LogP contribution in [0.4, 0.5) is 0 Å². The van der Waals surface area contributed by atoms with Gasteiger partial charge in [0, 0.05) is 19.1 Å². The highest BCUT2D eigenvalue weighted by atomic mass is 16.4. The third-order valence-corrected chi connectivity index (χ3v) is 3.58. The minimum absolute atomic E-state index is 0.235. The molecular formula is C13H24N2O3. The number of carbonyl (C=O) groups excluding carboxylic acids is 1. The van der Waals surface area contributed by atoms with Crippen LogP contribution in [0.5, 0.6) is 0 Å². The Morgan fingerprint density at radius 2 is 1.78 bits per heavy atom. The highest BCUT2D eigenvalue weighted by Crippen LogP contribution is 2.24. The van der Waals surface area contributed by atoms with E-state index in [1.54, 1.807) is 4.90 Å². The number of carboxylic acid groups (broad SMARTS) is 1. The first-order valence-corrected chi connectivity index (χ1v) is 6.61. The molecule has 1 atom stereocenters. The van der Waals surface area contributed by atoms with Gasteiger partial charge in [0.15, 0.2) is 0 Å². The van der Waals surface area contributed by atoms with Gasteiger partial charge in [0.05, 0.1) is 0 Å². The Bertz CT molecular complexity index is 299. The van der Waals surface area contributed by atoms with Crippen LogP contribution in [0.2, 0.25) is 0 Å². The molecule has 1 rings (SSSR count). The van der Waals surface area contributed by atoms with Gasteiger partial charge in [0.2, 0.25) is 5.91 Å². The second-order valence-corrected chi connectivity index (χ2v) is 5.33. The van der Waals surface area contributed by atoms with Crippen molar-refractivity contribution in [3.05, 3.63) is 0 Å². The molecule has 0 radical (unpaired) electrons. The predicted octanol–water partition coefficient (Wildman–Crippen LogP) is 1.04. The van der Waals surface area contributed by atoms with Gasteiger partial charge in [-0.15, -0.1) is 0 Å². The summed E-state index contributed by atoms with van der Waals surface area (Å²) in [6.45, 7) is 2.87. The smallest absolute Gasteiger partial charge is 0.315 e. The molecule has 0 saturated heterocycles. The van der Waals surface area contributed by atoms with Crippen LogP contribution in [0.15, 0.2) is 0 Å². The maximum atomic E-state index is 12.2. The van der Waals surface area contributed by atoms with E-state index in [1.807, 2.05) is 19.0 Å². The Labute approximate surface area is 109 Å². The lowest BCUT2D eigenvalue weighted by atomic mass is 10.1. The van der Waals surface area contributed by atoms with E-state index < -0.39 is 11.9 Å². The molecule has 0 aliphatic heterocycles. The normalized spacial score (nSPS) is 18.0. The van der Waals surface area contributed by atoms with E-state index in [2.05, 4.69) is 0 Å². The maximum absolute atomic E-state index is 12.2. The zero-order valence-corrected chi connectivity index (χ0v) is 11.6. The quantitative estimate of drug-likeness (QED) is 0.721. The number of hydrogen-bond donors (Lipinski definition) is 1. The van der Waals surface area contributed by atoms with Crippen molar-refractivity contribution in [2.24, 2.45) is 5.92 Å². The van der Waals surface area contributed by atoms with Crippen molar-refractivity contribution in [1.82, 2.24) is 9.80 Å². The number of carbonyl (C=O) groups is 2. The molecule has 1 amide bonds. The number of carboxylic acids is 1. The molecule has 1 aliphatic rings. The Morgan fingerprint density at radius 1 is 1.22 bits per heavy atom. The van der Waals surface area contributed by atoms with Gasteiger partial charge in [-0.3, -0.25) is 9.59 Å². The molecule has 1 unspecified atom stereocenters. The molecule has 0 aromatic rings. The van der Waals surface area contributed by atoms with Crippen LogP contribution in [-0.4, -0.2) is 60.0 Å².